The Balaban J connectivity index is 1.56. The summed E-state index contributed by atoms with van der Waals surface area (Å²) < 4.78 is 7.06. The first-order valence-corrected chi connectivity index (χ1v) is 10.2. The molecular weight excluding hydrogens is 376 g/mol. The molecule has 0 saturated heterocycles. The number of methoxy groups -OCH3 is 1. The highest BCUT2D eigenvalue weighted by Gasteiger charge is 2.05. The topological polar surface area (TPSA) is 76.4 Å². The fourth-order valence-corrected chi connectivity index (χ4v) is 3.13. The lowest BCUT2D eigenvalue weighted by molar-refractivity contribution is 0.414. The predicted molar refractivity (Wildman–Crippen MR) is 120 cm³/mol. The van der Waals surface area contributed by atoms with Crippen molar-refractivity contribution in [2.45, 2.75) is 33.7 Å². The van der Waals surface area contributed by atoms with Crippen LogP contribution in [-0.2, 0) is 13.0 Å². The summed E-state index contributed by atoms with van der Waals surface area (Å²) in [5, 5.41) is 11.2. The smallest absolute Gasteiger partial charge is 0.191 e. The molecule has 0 saturated carbocycles. The van der Waals surface area contributed by atoms with Crippen molar-refractivity contribution < 1.29 is 4.74 Å². The van der Waals surface area contributed by atoms with Crippen LogP contribution in [0.15, 0.2) is 53.7 Å². The van der Waals surface area contributed by atoms with Crippen LogP contribution in [0.4, 0.5) is 0 Å². The summed E-state index contributed by atoms with van der Waals surface area (Å²) >= 11 is 0. The highest BCUT2D eigenvalue weighted by Crippen LogP contribution is 2.12. The molecule has 0 spiro atoms. The predicted octanol–water partition coefficient (Wildman–Crippen LogP) is 3.19. The van der Waals surface area contributed by atoms with E-state index in [2.05, 4.69) is 44.8 Å². The van der Waals surface area contributed by atoms with E-state index in [0.717, 1.165) is 54.0 Å². The van der Waals surface area contributed by atoms with Crippen molar-refractivity contribution in [2.24, 2.45) is 4.99 Å². The third-order valence-electron chi connectivity index (χ3n) is 4.66. The van der Waals surface area contributed by atoms with Gasteiger partial charge in [-0.1, -0.05) is 18.2 Å². The zero-order valence-corrected chi connectivity index (χ0v) is 18.1. The van der Waals surface area contributed by atoms with Gasteiger partial charge in [-0.2, -0.15) is 5.10 Å². The van der Waals surface area contributed by atoms with Gasteiger partial charge in [0.1, 0.15) is 5.75 Å². The van der Waals surface area contributed by atoms with E-state index in [9.17, 15) is 0 Å². The van der Waals surface area contributed by atoms with Crippen LogP contribution in [0.3, 0.4) is 0 Å². The number of hydrogen-bond acceptors (Lipinski definition) is 4. The van der Waals surface area contributed by atoms with E-state index < -0.39 is 0 Å². The zero-order valence-electron chi connectivity index (χ0n) is 18.1. The number of nitrogens with zero attached hydrogens (tertiary/aromatic N) is 4. The number of aromatic nitrogens is 3. The maximum atomic E-state index is 5.20. The van der Waals surface area contributed by atoms with Gasteiger partial charge in [0.2, 0.25) is 0 Å². The van der Waals surface area contributed by atoms with Gasteiger partial charge in [-0.3, -0.25) is 0 Å². The van der Waals surface area contributed by atoms with E-state index in [-0.39, 0.29) is 0 Å². The fraction of sp³-hybridized carbons (Fsp3) is 0.348. The molecular formula is C23H30N6O. The number of pyridine rings is 1. The molecule has 2 N–H and O–H groups in total. The zero-order chi connectivity index (χ0) is 21.3. The molecule has 7 heteroatoms. The lowest BCUT2D eigenvalue weighted by Gasteiger charge is -2.11. The molecule has 0 unspecified atom stereocenters. The molecule has 158 valence electrons. The van der Waals surface area contributed by atoms with Crippen molar-refractivity contribution >= 4 is 5.96 Å². The van der Waals surface area contributed by atoms with Gasteiger partial charge in [-0.05, 0) is 62.6 Å². The highest BCUT2D eigenvalue weighted by atomic mass is 16.5. The normalized spacial score (nSPS) is 11.4. The summed E-state index contributed by atoms with van der Waals surface area (Å²) in [5.74, 6) is 2.49. The van der Waals surface area contributed by atoms with E-state index in [1.807, 2.05) is 55.1 Å². The molecule has 0 aliphatic heterocycles. The molecule has 0 aliphatic rings. The summed E-state index contributed by atoms with van der Waals surface area (Å²) in [6.07, 6.45) is 2.77. The Morgan fingerprint density at radius 3 is 2.43 bits per heavy atom. The molecule has 0 atom stereocenters. The van der Waals surface area contributed by atoms with Crippen LogP contribution >= 0.6 is 0 Å². The maximum Gasteiger partial charge on any atom is 0.191 e. The standard InChI is InChI=1S/C23H30N6O/c1-5-24-23(25-13-12-19-6-9-21(30-4)10-7-19)27-16-20-8-11-22(26-15-20)29-18(3)14-17(2)28-29/h6-11,14-15H,5,12-13,16H2,1-4H3,(H2,24,25,27). The molecule has 3 aromatic rings. The molecule has 2 heterocycles. The minimum Gasteiger partial charge on any atom is -0.497 e. The molecule has 30 heavy (non-hydrogen) atoms. The van der Waals surface area contributed by atoms with Crippen LogP contribution in [0.25, 0.3) is 5.82 Å². The van der Waals surface area contributed by atoms with E-state index >= 15 is 0 Å². The summed E-state index contributed by atoms with van der Waals surface area (Å²) in [4.78, 5) is 9.22. The summed E-state index contributed by atoms with van der Waals surface area (Å²) in [5.41, 5.74) is 4.36. The van der Waals surface area contributed by atoms with E-state index in [1.165, 1.54) is 5.56 Å². The van der Waals surface area contributed by atoms with Crippen molar-refractivity contribution in [2.75, 3.05) is 20.2 Å². The largest absolute Gasteiger partial charge is 0.497 e. The molecule has 0 bridgehead atoms. The first kappa shape index (κ1) is 21.4. The van der Waals surface area contributed by atoms with Gasteiger partial charge in [0.05, 0.1) is 19.3 Å². The van der Waals surface area contributed by atoms with E-state index in [1.54, 1.807) is 7.11 Å². The van der Waals surface area contributed by atoms with Crippen molar-refractivity contribution in [3.8, 4) is 11.6 Å². The van der Waals surface area contributed by atoms with Gasteiger partial charge >= 0.3 is 0 Å². The van der Waals surface area contributed by atoms with Crippen molar-refractivity contribution in [3.05, 3.63) is 71.2 Å². The van der Waals surface area contributed by atoms with Gasteiger partial charge in [-0.25, -0.2) is 14.7 Å². The Bertz CT molecular complexity index is 960. The Hall–Kier alpha value is -3.35. The Kier molecular flexibility index (Phi) is 7.43. The number of aliphatic imine (C=N–C) groups is 1. The van der Waals surface area contributed by atoms with E-state index in [0.29, 0.717) is 6.54 Å². The maximum absolute atomic E-state index is 5.20. The highest BCUT2D eigenvalue weighted by molar-refractivity contribution is 5.79. The third kappa shape index (κ3) is 5.83. The first-order chi connectivity index (χ1) is 14.6. The lowest BCUT2D eigenvalue weighted by atomic mass is 10.1. The molecule has 0 radical (unpaired) electrons. The number of aryl methyl sites for hydroxylation is 2. The summed E-state index contributed by atoms with van der Waals surface area (Å²) in [6, 6.07) is 14.2. The fourth-order valence-electron chi connectivity index (χ4n) is 3.13. The van der Waals surface area contributed by atoms with Crippen LogP contribution in [0.1, 0.15) is 29.4 Å². The number of guanidine groups is 1. The number of benzene rings is 1. The van der Waals surface area contributed by atoms with Gasteiger partial charge in [0, 0.05) is 25.0 Å². The number of nitrogens with one attached hydrogen (secondary N) is 2. The van der Waals surface area contributed by atoms with E-state index in [4.69, 9.17) is 4.74 Å². The van der Waals surface area contributed by atoms with Gasteiger partial charge in [0.25, 0.3) is 0 Å². The van der Waals surface area contributed by atoms with Crippen LogP contribution in [0.5, 0.6) is 5.75 Å². The number of hydrogen-bond donors (Lipinski definition) is 2. The molecule has 3 rings (SSSR count). The quantitative estimate of drug-likeness (QED) is 0.444. The van der Waals surface area contributed by atoms with Crippen molar-refractivity contribution in [1.82, 2.24) is 25.4 Å². The second-order valence-electron chi connectivity index (χ2n) is 7.08. The third-order valence-corrected chi connectivity index (χ3v) is 4.66. The van der Waals surface area contributed by atoms with Crippen LogP contribution in [-0.4, -0.2) is 40.9 Å². The van der Waals surface area contributed by atoms with Gasteiger partial charge in [0.15, 0.2) is 11.8 Å². The summed E-state index contributed by atoms with van der Waals surface area (Å²) in [6.45, 7) is 8.24. The Morgan fingerprint density at radius 2 is 1.83 bits per heavy atom. The summed E-state index contributed by atoms with van der Waals surface area (Å²) in [7, 11) is 1.68. The molecule has 7 nitrogen and oxygen atoms in total. The molecule has 0 fully saturated rings. The van der Waals surface area contributed by atoms with Crippen LogP contribution in [0.2, 0.25) is 0 Å². The average Bonchev–Trinajstić information content (AvgIpc) is 3.10. The Morgan fingerprint density at radius 1 is 1.07 bits per heavy atom. The molecule has 0 amide bonds. The van der Waals surface area contributed by atoms with Crippen LogP contribution < -0.4 is 15.4 Å². The molecule has 1 aromatic carbocycles. The second-order valence-corrected chi connectivity index (χ2v) is 7.08. The van der Waals surface area contributed by atoms with Gasteiger partial charge in [-0.15, -0.1) is 0 Å². The van der Waals surface area contributed by atoms with Crippen molar-refractivity contribution in [3.63, 3.8) is 0 Å². The van der Waals surface area contributed by atoms with Crippen LogP contribution in [0, 0.1) is 13.8 Å². The number of ether oxygens (including phenoxy) is 1. The monoisotopic (exact) mass is 406 g/mol. The molecule has 0 aliphatic carbocycles. The first-order valence-electron chi connectivity index (χ1n) is 10.2. The van der Waals surface area contributed by atoms with Crippen molar-refractivity contribution in [1.29, 1.82) is 0 Å². The molecule has 2 aromatic heterocycles. The average molecular weight is 407 g/mol. The van der Waals surface area contributed by atoms with Gasteiger partial charge < -0.3 is 15.4 Å². The number of rotatable bonds is 8. The Labute approximate surface area is 178 Å². The second kappa shape index (κ2) is 10.4. The minimum absolute atomic E-state index is 0.558. The SMILES string of the molecule is CCNC(=NCc1ccc(-n2nc(C)cc2C)nc1)NCCc1ccc(OC)cc1. The minimum atomic E-state index is 0.558. The lowest BCUT2D eigenvalue weighted by Crippen LogP contribution is -2.38.